The first kappa shape index (κ1) is 16.3. The van der Waals surface area contributed by atoms with Crippen molar-refractivity contribution in [1.82, 2.24) is 15.5 Å². The summed E-state index contributed by atoms with van der Waals surface area (Å²) >= 11 is 0. The Morgan fingerprint density at radius 3 is 2.55 bits per heavy atom. The lowest BCUT2D eigenvalue weighted by Gasteiger charge is -2.29. The second kappa shape index (κ2) is 6.58. The van der Waals surface area contributed by atoms with E-state index in [-0.39, 0.29) is 24.4 Å². The van der Waals surface area contributed by atoms with Crippen LogP contribution < -0.4 is 10.6 Å². The maximum Gasteiger partial charge on any atom is 0.317 e. The molecule has 0 aromatic carbocycles. The summed E-state index contributed by atoms with van der Waals surface area (Å²) in [6.07, 6.45) is 1.13. The van der Waals surface area contributed by atoms with E-state index >= 15 is 0 Å². The van der Waals surface area contributed by atoms with Crippen molar-refractivity contribution in [1.29, 1.82) is 0 Å². The van der Waals surface area contributed by atoms with E-state index in [2.05, 4.69) is 10.6 Å². The van der Waals surface area contributed by atoms with Crippen LogP contribution in [-0.2, 0) is 9.59 Å². The summed E-state index contributed by atoms with van der Waals surface area (Å²) < 4.78 is 0. The van der Waals surface area contributed by atoms with Gasteiger partial charge in [0.2, 0.25) is 5.91 Å². The van der Waals surface area contributed by atoms with Crippen LogP contribution in [-0.4, -0.2) is 52.6 Å². The molecular formula is C13H23N3O4. The van der Waals surface area contributed by atoms with Gasteiger partial charge in [-0.25, -0.2) is 4.79 Å². The molecule has 1 aliphatic rings. The highest BCUT2D eigenvalue weighted by molar-refractivity contribution is 5.76. The maximum atomic E-state index is 12.1. The van der Waals surface area contributed by atoms with Gasteiger partial charge < -0.3 is 20.6 Å². The highest BCUT2D eigenvalue weighted by Crippen LogP contribution is 2.14. The van der Waals surface area contributed by atoms with Gasteiger partial charge in [-0.15, -0.1) is 0 Å². The van der Waals surface area contributed by atoms with Gasteiger partial charge in [-0.3, -0.25) is 9.59 Å². The van der Waals surface area contributed by atoms with Crippen molar-refractivity contribution < 1.29 is 19.5 Å². The molecule has 1 saturated heterocycles. The SMILES string of the molecule is CC(=O)NC1CCN(C(=O)NC(C)(C)CCC(=O)O)C1. The van der Waals surface area contributed by atoms with Gasteiger partial charge in [0.1, 0.15) is 0 Å². The number of nitrogens with one attached hydrogen (secondary N) is 2. The van der Waals surface area contributed by atoms with Gasteiger partial charge in [0, 0.05) is 38.0 Å². The third kappa shape index (κ3) is 5.46. The van der Waals surface area contributed by atoms with Crippen molar-refractivity contribution >= 4 is 17.9 Å². The van der Waals surface area contributed by atoms with Crippen LogP contribution in [0, 0.1) is 0 Å². The predicted octanol–water partition coefficient (Wildman–Crippen LogP) is 0.550. The Morgan fingerprint density at radius 1 is 1.35 bits per heavy atom. The van der Waals surface area contributed by atoms with Gasteiger partial charge in [0.05, 0.1) is 0 Å². The number of carbonyl (C=O) groups excluding carboxylic acids is 2. The molecule has 1 heterocycles. The second-order valence-electron chi connectivity index (χ2n) is 5.84. The standard InChI is InChI=1S/C13H23N3O4/c1-9(17)14-10-5-7-16(8-10)12(20)15-13(2,3)6-4-11(18)19/h10H,4-8H2,1-3H3,(H,14,17)(H,15,20)(H,18,19). The second-order valence-corrected chi connectivity index (χ2v) is 5.84. The fraction of sp³-hybridized carbons (Fsp3) is 0.769. The molecule has 0 radical (unpaired) electrons. The molecule has 0 bridgehead atoms. The van der Waals surface area contributed by atoms with Gasteiger partial charge in [-0.1, -0.05) is 0 Å². The first-order chi connectivity index (χ1) is 9.19. The molecule has 1 fully saturated rings. The molecule has 3 amide bonds. The van der Waals surface area contributed by atoms with E-state index in [1.165, 1.54) is 6.92 Å². The Balaban J connectivity index is 2.43. The van der Waals surface area contributed by atoms with Crippen molar-refractivity contribution in [2.24, 2.45) is 0 Å². The van der Waals surface area contributed by atoms with Crippen LogP contribution in [0.3, 0.4) is 0 Å². The molecule has 3 N–H and O–H groups in total. The quantitative estimate of drug-likeness (QED) is 0.687. The van der Waals surface area contributed by atoms with Gasteiger partial charge in [-0.2, -0.15) is 0 Å². The van der Waals surface area contributed by atoms with Crippen molar-refractivity contribution in [3.63, 3.8) is 0 Å². The van der Waals surface area contributed by atoms with Crippen LogP contribution >= 0.6 is 0 Å². The fourth-order valence-corrected chi connectivity index (χ4v) is 2.20. The van der Waals surface area contributed by atoms with Crippen LogP contribution in [0.1, 0.15) is 40.0 Å². The highest BCUT2D eigenvalue weighted by atomic mass is 16.4. The summed E-state index contributed by atoms with van der Waals surface area (Å²) in [5, 5.41) is 14.3. The van der Waals surface area contributed by atoms with E-state index in [0.717, 1.165) is 6.42 Å². The molecule has 0 saturated carbocycles. The minimum Gasteiger partial charge on any atom is -0.481 e. The first-order valence-electron chi connectivity index (χ1n) is 6.75. The lowest BCUT2D eigenvalue weighted by atomic mass is 9.99. The number of likely N-dealkylation sites (tertiary alicyclic amines) is 1. The van der Waals surface area contributed by atoms with E-state index in [1.54, 1.807) is 18.7 Å². The Bertz CT molecular complexity index is 395. The third-order valence-corrected chi connectivity index (χ3v) is 3.29. The largest absolute Gasteiger partial charge is 0.481 e. The summed E-state index contributed by atoms with van der Waals surface area (Å²) in [4.78, 5) is 35.3. The lowest BCUT2D eigenvalue weighted by molar-refractivity contribution is -0.137. The zero-order valence-electron chi connectivity index (χ0n) is 12.2. The van der Waals surface area contributed by atoms with Crippen LogP contribution in [0.2, 0.25) is 0 Å². The average Bonchev–Trinajstić information content (AvgIpc) is 2.73. The normalized spacial score (nSPS) is 18.8. The van der Waals surface area contributed by atoms with Crippen LogP contribution in [0.25, 0.3) is 0 Å². The molecule has 1 aliphatic heterocycles. The van der Waals surface area contributed by atoms with Gasteiger partial charge in [0.25, 0.3) is 0 Å². The number of carboxylic acid groups (broad SMARTS) is 1. The molecule has 7 nitrogen and oxygen atoms in total. The minimum atomic E-state index is -0.876. The van der Waals surface area contributed by atoms with Crippen molar-refractivity contribution in [2.45, 2.75) is 51.6 Å². The zero-order valence-corrected chi connectivity index (χ0v) is 12.2. The Kier molecular flexibility index (Phi) is 5.35. The molecule has 0 aliphatic carbocycles. The zero-order chi connectivity index (χ0) is 15.3. The lowest BCUT2D eigenvalue weighted by Crippen LogP contribution is -2.50. The smallest absolute Gasteiger partial charge is 0.317 e. The average molecular weight is 285 g/mol. The van der Waals surface area contributed by atoms with Gasteiger partial charge >= 0.3 is 12.0 Å². The molecule has 114 valence electrons. The topological polar surface area (TPSA) is 98.7 Å². The summed E-state index contributed by atoms with van der Waals surface area (Å²) in [5.74, 6) is -0.974. The molecule has 1 unspecified atom stereocenters. The van der Waals surface area contributed by atoms with Crippen LogP contribution in [0.5, 0.6) is 0 Å². The number of nitrogens with zero attached hydrogens (tertiary/aromatic N) is 1. The fourth-order valence-electron chi connectivity index (χ4n) is 2.20. The van der Waals surface area contributed by atoms with E-state index in [4.69, 9.17) is 5.11 Å². The number of hydrogen-bond donors (Lipinski definition) is 3. The monoisotopic (exact) mass is 285 g/mol. The predicted molar refractivity (Wildman–Crippen MR) is 73.3 cm³/mol. The molecule has 7 heteroatoms. The molecule has 20 heavy (non-hydrogen) atoms. The molecule has 0 aromatic heterocycles. The maximum absolute atomic E-state index is 12.1. The number of carboxylic acids is 1. The number of aliphatic carboxylic acids is 1. The number of rotatable bonds is 5. The van der Waals surface area contributed by atoms with E-state index < -0.39 is 11.5 Å². The van der Waals surface area contributed by atoms with Gasteiger partial charge in [-0.05, 0) is 26.7 Å². The number of urea groups is 1. The summed E-state index contributed by atoms with van der Waals surface area (Å²) in [5.41, 5.74) is -0.568. The molecule has 0 spiro atoms. The van der Waals surface area contributed by atoms with Crippen LogP contribution in [0.4, 0.5) is 4.79 Å². The van der Waals surface area contributed by atoms with E-state index in [9.17, 15) is 14.4 Å². The number of hydrogen-bond acceptors (Lipinski definition) is 3. The van der Waals surface area contributed by atoms with Crippen LogP contribution in [0.15, 0.2) is 0 Å². The Morgan fingerprint density at radius 2 is 2.00 bits per heavy atom. The van der Waals surface area contributed by atoms with Gasteiger partial charge in [0.15, 0.2) is 0 Å². The molecular weight excluding hydrogens is 262 g/mol. The third-order valence-electron chi connectivity index (χ3n) is 3.29. The summed E-state index contributed by atoms with van der Waals surface area (Å²) in [6.45, 7) is 6.13. The molecule has 1 rings (SSSR count). The summed E-state index contributed by atoms with van der Waals surface area (Å²) in [6, 6.07) is -0.214. The van der Waals surface area contributed by atoms with E-state index in [1.807, 2.05) is 0 Å². The molecule has 0 aromatic rings. The number of amides is 3. The highest BCUT2D eigenvalue weighted by Gasteiger charge is 2.30. The van der Waals surface area contributed by atoms with Crippen molar-refractivity contribution in [3.8, 4) is 0 Å². The number of carbonyl (C=O) groups is 3. The van der Waals surface area contributed by atoms with E-state index in [0.29, 0.717) is 19.5 Å². The molecule has 1 atom stereocenters. The first-order valence-corrected chi connectivity index (χ1v) is 6.75. The van der Waals surface area contributed by atoms with Crippen molar-refractivity contribution in [3.05, 3.63) is 0 Å². The minimum absolute atomic E-state index is 0.000354. The summed E-state index contributed by atoms with van der Waals surface area (Å²) in [7, 11) is 0. The van der Waals surface area contributed by atoms with Crippen molar-refractivity contribution in [2.75, 3.05) is 13.1 Å². The Hall–Kier alpha value is -1.79. The Labute approximate surface area is 118 Å².